The van der Waals surface area contributed by atoms with E-state index in [0.29, 0.717) is 10.7 Å². The maximum absolute atomic E-state index is 11.5. The molecule has 0 aliphatic rings. The van der Waals surface area contributed by atoms with Crippen LogP contribution < -0.4 is 0 Å². The minimum atomic E-state index is -0.360. The first-order valence-electron chi connectivity index (χ1n) is 4.58. The van der Waals surface area contributed by atoms with Crippen LogP contribution in [0.2, 0.25) is 5.02 Å². The summed E-state index contributed by atoms with van der Waals surface area (Å²) in [5.41, 5.74) is 1.43. The number of aromatic nitrogens is 1. The predicted octanol–water partition coefficient (Wildman–Crippen LogP) is 3.38. The molecule has 1 aromatic carbocycles. The van der Waals surface area contributed by atoms with Gasteiger partial charge in [-0.25, -0.2) is 4.79 Å². The van der Waals surface area contributed by atoms with Crippen LogP contribution in [-0.4, -0.2) is 17.6 Å². The lowest BCUT2D eigenvalue weighted by Gasteiger charge is -2.02. The molecule has 0 atom stereocenters. The fourth-order valence-corrected chi connectivity index (χ4v) is 2.26. The van der Waals surface area contributed by atoms with Gasteiger partial charge in [-0.3, -0.25) is 0 Å². The van der Waals surface area contributed by atoms with E-state index in [1.165, 1.54) is 7.11 Å². The number of hydrogen-bond donors (Lipinski definition) is 0. The van der Waals surface area contributed by atoms with E-state index in [-0.39, 0.29) is 5.97 Å². The Balaban J connectivity index is 2.77. The van der Waals surface area contributed by atoms with Crippen LogP contribution in [-0.2, 0) is 11.8 Å². The number of carbonyl (C=O) groups excluding carboxylic acids is 1. The molecule has 0 spiro atoms. The van der Waals surface area contributed by atoms with Crippen LogP contribution in [0.4, 0.5) is 0 Å². The first-order valence-corrected chi connectivity index (χ1v) is 5.75. The van der Waals surface area contributed by atoms with Crippen LogP contribution in [0.5, 0.6) is 0 Å². The van der Waals surface area contributed by atoms with Crippen LogP contribution in [0.25, 0.3) is 10.9 Å². The number of ether oxygens (including phenoxy) is 1. The minimum absolute atomic E-state index is 0.360. The van der Waals surface area contributed by atoms with E-state index in [1.54, 1.807) is 16.7 Å². The third-order valence-corrected chi connectivity index (χ3v) is 3.91. The number of benzene rings is 1. The Morgan fingerprint density at radius 2 is 2.19 bits per heavy atom. The second kappa shape index (κ2) is 4.11. The highest BCUT2D eigenvalue weighted by atomic mass is 79.9. The van der Waals surface area contributed by atoms with Crippen molar-refractivity contribution in [2.75, 3.05) is 7.11 Å². The first-order chi connectivity index (χ1) is 7.56. The van der Waals surface area contributed by atoms with Gasteiger partial charge in [-0.1, -0.05) is 11.6 Å². The van der Waals surface area contributed by atoms with Gasteiger partial charge in [0.1, 0.15) is 5.69 Å². The zero-order chi connectivity index (χ0) is 11.9. The summed E-state index contributed by atoms with van der Waals surface area (Å²) in [4.78, 5) is 11.5. The lowest BCUT2D eigenvalue weighted by Crippen LogP contribution is -2.06. The molecular weight excluding hydrogens is 293 g/mol. The average molecular weight is 303 g/mol. The maximum Gasteiger partial charge on any atom is 0.354 e. The molecule has 1 heterocycles. The lowest BCUT2D eigenvalue weighted by atomic mass is 10.2. The first kappa shape index (κ1) is 11.5. The average Bonchev–Trinajstić information content (AvgIpc) is 2.61. The van der Waals surface area contributed by atoms with E-state index in [2.05, 4.69) is 15.9 Å². The van der Waals surface area contributed by atoms with Crippen molar-refractivity contribution in [1.82, 2.24) is 4.57 Å². The fourth-order valence-electron chi connectivity index (χ4n) is 1.65. The highest BCUT2D eigenvalue weighted by Crippen LogP contribution is 2.32. The fraction of sp³-hybridized carbons (Fsp3) is 0.182. The van der Waals surface area contributed by atoms with Gasteiger partial charge >= 0.3 is 5.97 Å². The Morgan fingerprint density at radius 3 is 2.81 bits per heavy atom. The summed E-state index contributed by atoms with van der Waals surface area (Å²) in [5, 5.41) is 1.52. The molecule has 2 rings (SSSR count). The van der Waals surface area contributed by atoms with E-state index in [1.807, 2.05) is 13.1 Å². The van der Waals surface area contributed by atoms with E-state index >= 15 is 0 Å². The molecule has 84 valence electrons. The van der Waals surface area contributed by atoms with Crippen LogP contribution in [0, 0.1) is 0 Å². The molecule has 0 saturated carbocycles. The van der Waals surface area contributed by atoms with Gasteiger partial charge in [-0.05, 0) is 34.1 Å². The van der Waals surface area contributed by atoms with Crippen LogP contribution in [0.15, 0.2) is 22.7 Å². The monoisotopic (exact) mass is 301 g/mol. The summed E-state index contributed by atoms with van der Waals surface area (Å²) >= 11 is 9.39. The summed E-state index contributed by atoms with van der Waals surface area (Å²) in [6.45, 7) is 0. The SMILES string of the molecule is COC(=O)c1cc2c(Br)c(Cl)ccc2n1C. The molecule has 0 aliphatic heterocycles. The van der Waals surface area contributed by atoms with E-state index < -0.39 is 0 Å². The number of esters is 1. The summed E-state index contributed by atoms with van der Waals surface area (Å²) in [6, 6.07) is 5.42. The van der Waals surface area contributed by atoms with Crippen molar-refractivity contribution in [2.24, 2.45) is 7.05 Å². The molecule has 3 nitrogen and oxygen atoms in total. The zero-order valence-corrected chi connectivity index (χ0v) is 11.1. The molecule has 0 radical (unpaired) electrons. The van der Waals surface area contributed by atoms with E-state index in [9.17, 15) is 4.79 Å². The Morgan fingerprint density at radius 1 is 1.50 bits per heavy atom. The Hall–Kier alpha value is -1.00. The summed E-state index contributed by atoms with van der Waals surface area (Å²) in [5.74, 6) is -0.360. The maximum atomic E-state index is 11.5. The number of fused-ring (bicyclic) bond motifs is 1. The Labute approximate surface area is 106 Å². The van der Waals surface area contributed by atoms with Gasteiger partial charge < -0.3 is 9.30 Å². The Bertz CT molecular complexity index is 577. The minimum Gasteiger partial charge on any atom is -0.464 e. The van der Waals surface area contributed by atoms with Gasteiger partial charge in [0.15, 0.2) is 0 Å². The molecule has 0 fully saturated rings. The number of rotatable bonds is 1. The van der Waals surface area contributed by atoms with E-state index in [4.69, 9.17) is 16.3 Å². The van der Waals surface area contributed by atoms with Gasteiger partial charge in [-0.2, -0.15) is 0 Å². The smallest absolute Gasteiger partial charge is 0.354 e. The van der Waals surface area contributed by atoms with Gasteiger partial charge in [0.05, 0.1) is 12.1 Å². The largest absolute Gasteiger partial charge is 0.464 e. The molecule has 0 amide bonds. The molecule has 2 aromatic rings. The van der Waals surface area contributed by atoms with Crippen molar-refractivity contribution < 1.29 is 9.53 Å². The second-order valence-corrected chi connectivity index (χ2v) is 4.57. The molecule has 5 heteroatoms. The number of hydrogen-bond acceptors (Lipinski definition) is 2. The highest BCUT2D eigenvalue weighted by molar-refractivity contribution is 9.10. The number of aryl methyl sites for hydroxylation is 1. The molecule has 0 saturated heterocycles. The van der Waals surface area contributed by atoms with E-state index in [0.717, 1.165) is 15.4 Å². The van der Waals surface area contributed by atoms with Crippen molar-refractivity contribution in [1.29, 1.82) is 0 Å². The van der Waals surface area contributed by atoms with Gasteiger partial charge in [0, 0.05) is 22.4 Å². The number of halogens is 2. The summed E-state index contributed by atoms with van der Waals surface area (Å²) in [7, 11) is 3.18. The van der Waals surface area contributed by atoms with Crippen molar-refractivity contribution >= 4 is 44.4 Å². The third-order valence-electron chi connectivity index (χ3n) is 2.51. The van der Waals surface area contributed by atoms with Crippen molar-refractivity contribution in [3.8, 4) is 0 Å². The predicted molar refractivity (Wildman–Crippen MR) is 67.0 cm³/mol. The molecule has 1 aromatic heterocycles. The van der Waals surface area contributed by atoms with Gasteiger partial charge in [0.25, 0.3) is 0 Å². The topological polar surface area (TPSA) is 31.2 Å². The summed E-state index contributed by atoms with van der Waals surface area (Å²) in [6.07, 6.45) is 0. The van der Waals surface area contributed by atoms with Gasteiger partial charge in [0.2, 0.25) is 0 Å². The number of carbonyl (C=O) groups is 1. The molecule has 16 heavy (non-hydrogen) atoms. The molecule has 0 bridgehead atoms. The molecule has 0 unspecified atom stereocenters. The van der Waals surface area contributed by atoms with Crippen molar-refractivity contribution in [2.45, 2.75) is 0 Å². The van der Waals surface area contributed by atoms with Crippen LogP contribution >= 0.6 is 27.5 Å². The lowest BCUT2D eigenvalue weighted by molar-refractivity contribution is 0.0590. The van der Waals surface area contributed by atoms with Crippen molar-refractivity contribution in [3.63, 3.8) is 0 Å². The third kappa shape index (κ3) is 1.62. The normalized spacial score (nSPS) is 10.8. The molecule has 0 N–H and O–H groups in total. The van der Waals surface area contributed by atoms with Gasteiger partial charge in [-0.15, -0.1) is 0 Å². The number of methoxy groups -OCH3 is 1. The standard InChI is InChI=1S/C11H9BrClNO2/c1-14-8-4-3-7(13)10(12)6(8)5-9(14)11(15)16-2/h3-5H,1-2H3. The van der Waals surface area contributed by atoms with Crippen LogP contribution in [0.1, 0.15) is 10.5 Å². The second-order valence-electron chi connectivity index (χ2n) is 3.37. The number of nitrogens with zero attached hydrogens (tertiary/aromatic N) is 1. The quantitative estimate of drug-likeness (QED) is 0.756. The molecular formula is C11H9BrClNO2. The molecule has 0 aliphatic carbocycles. The van der Waals surface area contributed by atoms with Crippen molar-refractivity contribution in [3.05, 3.63) is 33.4 Å². The van der Waals surface area contributed by atoms with Crippen LogP contribution in [0.3, 0.4) is 0 Å². The summed E-state index contributed by atoms with van der Waals surface area (Å²) < 4.78 is 7.28. The Kier molecular flexibility index (Phi) is 2.95. The zero-order valence-electron chi connectivity index (χ0n) is 8.75. The highest BCUT2D eigenvalue weighted by Gasteiger charge is 2.15.